The zero-order chi connectivity index (χ0) is 21.8. The number of hydrogen-bond acceptors (Lipinski definition) is 8. The number of amides is 1. The summed E-state index contributed by atoms with van der Waals surface area (Å²) in [6.45, 7) is 8.74. The maximum absolute atomic E-state index is 12.9. The molecule has 162 valence electrons. The highest BCUT2D eigenvalue weighted by atomic mass is 32.1. The van der Waals surface area contributed by atoms with Crippen LogP contribution in [0.1, 0.15) is 40.0 Å². The van der Waals surface area contributed by atoms with E-state index < -0.39 is 0 Å². The van der Waals surface area contributed by atoms with E-state index >= 15 is 0 Å². The summed E-state index contributed by atoms with van der Waals surface area (Å²) in [7, 11) is 0. The molecule has 1 saturated heterocycles. The molecule has 1 aliphatic rings. The van der Waals surface area contributed by atoms with Crippen LogP contribution in [0.4, 0.5) is 17.5 Å². The fraction of sp³-hybridized carbons (Fsp3) is 0.409. The summed E-state index contributed by atoms with van der Waals surface area (Å²) in [5.41, 5.74) is 3.92. The van der Waals surface area contributed by atoms with Gasteiger partial charge in [0.25, 0.3) is 5.91 Å². The largest absolute Gasteiger partial charge is 0.340 e. The van der Waals surface area contributed by atoms with Gasteiger partial charge in [-0.25, -0.2) is 4.98 Å². The van der Waals surface area contributed by atoms with E-state index in [-0.39, 0.29) is 5.91 Å². The van der Waals surface area contributed by atoms with Crippen molar-refractivity contribution >= 4 is 34.9 Å². The number of carbonyl (C=O) groups excluding carboxylic acids is 1. The molecule has 0 aliphatic carbocycles. The van der Waals surface area contributed by atoms with Crippen LogP contribution in [-0.4, -0.2) is 56.5 Å². The number of rotatable bonds is 6. The molecule has 8 nitrogen and oxygen atoms in total. The Kier molecular flexibility index (Phi) is 6.41. The molecule has 0 radical (unpaired) electrons. The minimum absolute atomic E-state index is 0.0324. The van der Waals surface area contributed by atoms with E-state index in [0.29, 0.717) is 37.0 Å². The van der Waals surface area contributed by atoms with Crippen LogP contribution in [0.3, 0.4) is 0 Å². The number of piperazine rings is 1. The first-order valence-corrected chi connectivity index (χ1v) is 11.4. The Morgan fingerprint density at radius 2 is 1.84 bits per heavy atom. The van der Waals surface area contributed by atoms with Crippen molar-refractivity contribution in [2.24, 2.45) is 0 Å². The first kappa shape index (κ1) is 21.2. The van der Waals surface area contributed by atoms with Gasteiger partial charge >= 0.3 is 0 Å². The molecule has 9 heteroatoms. The summed E-state index contributed by atoms with van der Waals surface area (Å²) in [6, 6.07) is 10.2. The summed E-state index contributed by atoms with van der Waals surface area (Å²) in [5.74, 6) is 1.49. The zero-order valence-corrected chi connectivity index (χ0v) is 18.9. The van der Waals surface area contributed by atoms with Gasteiger partial charge in [0.05, 0.1) is 5.69 Å². The molecule has 3 aromatic rings. The van der Waals surface area contributed by atoms with Gasteiger partial charge in [0.1, 0.15) is 10.7 Å². The average molecular weight is 438 g/mol. The topological polar surface area (TPSA) is 87.1 Å². The Bertz CT molecular complexity index is 1040. The van der Waals surface area contributed by atoms with Crippen LogP contribution in [0.5, 0.6) is 0 Å². The van der Waals surface area contributed by atoms with E-state index in [1.807, 2.05) is 30.0 Å². The van der Waals surface area contributed by atoms with Gasteiger partial charge in [-0.3, -0.25) is 4.79 Å². The van der Waals surface area contributed by atoms with Crippen LogP contribution >= 0.6 is 11.5 Å². The molecule has 1 fully saturated rings. The number of hydrogen-bond donors (Lipinski definition) is 1. The lowest BCUT2D eigenvalue weighted by molar-refractivity contribution is 0.0749. The number of aryl methyl sites for hydroxylation is 3. The van der Waals surface area contributed by atoms with Gasteiger partial charge in [0, 0.05) is 43.6 Å². The highest BCUT2D eigenvalue weighted by Crippen LogP contribution is 2.21. The summed E-state index contributed by atoms with van der Waals surface area (Å²) in [5, 5.41) is 7.49. The standard InChI is InChI=1S/C22H27N7OS/c1-4-5-18-20(31-27-26-18)21(30)28-10-12-29(13-11-28)22-23-16(3)14-19(25-22)24-17-8-6-15(2)7-9-17/h6-9,14H,4-5,10-13H2,1-3H3,(H,23,24,25). The van der Waals surface area contributed by atoms with Gasteiger partial charge in [-0.15, -0.1) is 5.10 Å². The fourth-order valence-electron chi connectivity index (χ4n) is 3.57. The van der Waals surface area contributed by atoms with Crippen molar-refractivity contribution in [3.8, 4) is 0 Å². The molecule has 1 N–H and O–H groups in total. The third-order valence-electron chi connectivity index (χ3n) is 5.25. The molecule has 0 saturated carbocycles. The molecule has 2 aromatic heterocycles. The highest BCUT2D eigenvalue weighted by Gasteiger charge is 2.27. The smallest absolute Gasteiger partial charge is 0.267 e. The molecule has 0 spiro atoms. The van der Waals surface area contributed by atoms with Gasteiger partial charge in [-0.05, 0) is 43.9 Å². The van der Waals surface area contributed by atoms with E-state index in [0.717, 1.165) is 35.7 Å². The van der Waals surface area contributed by atoms with Gasteiger partial charge in [0.2, 0.25) is 5.95 Å². The second-order valence-electron chi connectivity index (χ2n) is 7.76. The lowest BCUT2D eigenvalue weighted by Gasteiger charge is -2.34. The third-order valence-corrected chi connectivity index (χ3v) is 6.01. The van der Waals surface area contributed by atoms with Crippen molar-refractivity contribution in [2.75, 3.05) is 36.4 Å². The molecule has 0 unspecified atom stereocenters. The Morgan fingerprint density at radius 3 is 2.55 bits per heavy atom. The Balaban J connectivity index is 1.42. The van der Waals surface area contributed by atoms with Crippen LogP contribution in [-0.2, 0) is 6.42 Å². The number of nitrogens with one attached hydrogen (secondary N) is 1. The molecular formula is C22H27N7OS. The average Bonchev–Trinajstić information content (AvgIpc) is 3.23. The lowest BCUT2D eigenvalue weighted by atomic mass is 10.2. The molecule has 0 atom stereocenters. The Hall–Kier alpha value is -3.07. The van der Waals surface area contributed by atoms with E-state index in [1.165, 1.54) is 17.1 Å². The Morgan fingerprint density at radius 1 is 1.10 bits per heavy atom. The SMILES string of the molecule is CCCc1nnsc1C(=O)N1CCN(c2nc(C)cc(Nc3ccc(C)cc3)n2)CC1. The molecule has 1 amide bonds. The minimum Gasteiger partial charge on any atom is -0.340 e. The maximum Gasteiger partial charge on any atom is 0.267 e. The normalized spacial score (nSPS) is 14.0. The zero-order valence-electron chi connectivity index (χ0n) is 18.1. The lowest BCUT2D eigenvalue weighted by Crippen LogP contribution is -2.49. The first-order valence-electron chi connectivity index (χ1n) is 10.6. The number of nitrogens with zero attached hydrogens (tertiary/aromatic N) is 6. The number of carbonyl (C=O) groups is 1. The quantitative estimate of drug-likeness (QED) is 0.630. The summed E-state index contributed by atoms with van der Waals surface area (Å²) < 4.78 is 3.98. The minimum atomic E-state index is 0.0324. The second kappa shape index (κ2) is 9.38. The van der Waals surface area contributed by atoms with Gasteiger partial charge < -0.3 is 15.1 Å². The molecule has 3 heterocycles. The first-order chi connectivity index (χ1) is 15.0. The van der Waals surface area contributed by atoms with E-state index in [2.05, 4.69) is 50.8 Å². The monoisotopic (exact) mass is 437 g/mol. The predicted molar refractivity (Wildman–Crippen MR) is 123 cm³/mol. The van der Waals surface area contributed by atoms with Crippen molar-refractivity contribution in [3.05, 3.63) is 52.2 Å². The van der Waals surface area contributed by atoms with Crippen LogP contribution in [0, 0.1) is 13.8 Å². The summed E-state index contributed by atoms with van der Waals surface area (Å²) >= 11 is 1.20. The molecule has 1 aromatic carbocycles. The molecular weight excluding hydrogens is 410 g/mol. The van der Waals surface area contributed by atoms with Crippen molar-refractivity contribution in [3.63, 3.8) is 0 Å². The second-order valence-corrected chi connectivity index (χ2v) is 8.52. The van der Waals surface area contributed by atoms with Crippen molar-refractivity contribution < 1.29 is 4.79 Å². The van der Waals surface area contributed by atoms with E-state index in [1.54, 1.807) is 0 Å². The van der Waals surface area contributed by atoms with Crippen LogP contribution in [0.25, 0.3) is 0 Å². The highest BCUT2D eigenvalue weighted by molar-refractivity contribution is 7.08. The van der Waals surface area contributed by atoms with E-state index in [9.17, 15) is 4.79 Å². The van der Waals surface area contributed by atoms with Gasteiger partial charge in [-0.1, -0.05) is 35.5 Å². The molecule has 1 aliphatic heterocycles. The molecule has 4 rings (SSSR count). The predicted octanol–water partition coefficient (Wildman–Crippen LogP) is 3.60. The van der Waals surface area contributed by atoms with Crippen LogP contribution in [0.15, 0.2) is 30.3 Å². The van der Waals surface area contributed by atoms with Gasteiger partial charge in [-0.2, -0.15) is 4.98 Å². The van der Waals surface area contributed by atoms with Gasteiger partial charge in [0.15, 0.2) is 0 Å². The molecule has 31 heavy (non-hydrogen) atoms. The van der Waals surface area contributed by atoms with Crippen LogP contribution in [0.2, 0.25) is 0 Å². The van der Waals surface area contributed by atoms with Crippen molar-refractivity contribution in [2.45, 2.75) is 33.6 Å². The van der Waals surface area contributed by atoms with Crippen molar-refractivity contribution in [1.29, 1.82) is 0 Å². The number of anilines is 3. The fourth-order valence-corrected chi connectivity index (χ4v) is 4.24. The van der Waals surface area contributed by atoms with Crippen LogP contribution < -0.4 is 10.2 Å². The van der Waals surface area contributed by atoms with E-state index in [4.69, 9.17) is 4.98 Å². The summed E-state index contributed by atoms with van der Waals surface area (Å²) in [6.07, 6.45) is 1.73. The third kappa shape index (κ3) is 4.99. The molecule has 0 bridgehead atoms. The maximum atomic E-state index is 12.9. The number of aromatic nitrogens is 4. The van der Waals surface area contributed by atoms with Crippen molar-refractivity contribution in [1.82, 2.24) is 24.5 Å². The Labute approximate surface area is 186 Å². The number of benzene rings is 1. The summed E-state index contributed by atoms with van der Waals surface area (Å²) in [4.78, 5) is 27.0.